The van der Waals surface area contributed by atoms with Gasteiger partial charge in [-0.2, -0.15) is 0 Å². The molecule has 0 aliphatic carbocycles. The molecule has 0 amide bonds. The summed E-state index contributed by atoms with van der Waals surface area (Å²) in [7, 11) is -1.44. The topological polar surface area (TPSA) is 44.8 Å². The lowest BCUT2D eigenvalue weighted by Gasteiger charge is -2.19. The summed E-state index contributed by atoms with van der Waals surface area (Å²) in [4.78, 5) is 11.3. The third kappa shape index (κ3) is 13.5. The summed E-state index contributed by atoms with van der Waals surface area (Å²) >= 11 is 0. The summed E-state index contributed by atoms with van der Waals surface area (Å²) in [5.41, 5.74) is -0.419. The van der Waals surface area contributed by atoms with Crippen molar-refractivity contribution in [2.24, 2.45) is 0 Å². The zero-order chi connectivity index (χ0) is 13.5. The third-order valence-electron chi connectivity index (χ3n) is 1.63. The van der Waals surface area contributed by atoms with Crippen LogP contribution in [-0.4, -0.2) is 39.7 Å². The molecule has 0 bridgehead atoms. The fraction of sp³-hybridized carbons (Fsp3) is 0.917. The first-order valence-corrected chi connectivity index (χ1v) is 9.44. The van der Waals surface area contributed by atoms with Gasteiger partial charge in [-0.15, -0.1) is 0 Å². The van der Waals surface area contributed by atoms with E-state index in [0.717, 1.165) is 0 Å². The van der Waals surface area contributed by atoms with E-state index in [1.54, 1.807) is 0 Å². The van der Waals surface area contributed by atoms with Crippen molar-refractivity contribution >= 4 is 14.3 Å². The Morgan fingerprint density at radius 2 is 1.65 bits per heavy atom. The van der Waals surface area contributed by atoms with E-state index in [-0.39, 0.29) is 5.97 Å². The van der Waals surface area contributed by atoms with Crippen LogP contribution in [0.15, 0.2) is 0 Å². The molecule has 0 aromatic carbocycles. The molecule has 17 heavy (non-hydrogen) atoms. The van der Waals surface area contributed by atoms with Crippen molar-refractivity contribution in [1.29, 1.82) is 0 Å². The molecule has 4 nitrogen and oxygen atoms in total. The Balaban J connectivity index is 3.44. The van der Waals surface area contributed by atoms with Gasteiger partial charge in [-0.3, -0.25) is 4.79 Å². The second kappa shape index (κ2) is 7.13. The van der Waals surface area contributed by atoms with Crippen molar-refractivity contribution < 1.29 is 18.7 Å². The molecule has 0 heterocycles. The number of ether oxygens (including phenoxy) is 2. The Labute approximate surface area is 106 Å². The Kier molecular flexibility index (Phi) is 6.97. The SMILES string of the molecule is CC(C)(C)OC(=O)CCOCCO[Si](C)(C)C. The van der Waals surface area contributed by atoms with Gasteiger partial charge in [0.25, 0.3) is 0 Å². The molecule has 102 valence electrons. The zero-order valence-electron chi connectivity index (χ0n) is 12.0. The van der Waals surface area contributed by atoms with E-state index in [4.69, 9.17) is 13.9 Å². The van der Waals surface area contributed by atoms with E-state index >= 15 is 0 Å². The largest absolute Gasteiger partial charge is 0.460 e. The minimum atomic E-state index is -1.44. The van der Waals surface area contributed by atoms with E-state index in [0.29, 0.717) is 26.2 Å². The van der Waals surface area contributed by atoms with E-state index in [1.165, 1.54) is 0 Å². The molecule has 0 radical (unpaired) electrons. The highest BCUT2D eigenvalue weighted by atomic mass is 28.4. The van der Waals surface area contributed by atoms with Gasteiger partial charge < -0.3 is 13.9 Å². The highest BCUT2D eigenvalue weighted by Gasteiger charge is 2.16. The van der Waals surface area contributed by atoms with Crippen molar-refractivity contribution in [1.82, 2.24) is 0 Å². The summed E-state index contributed by atoms with van der Waals surface area (Å²) in [5, 5.41) is 0. The first-order chi connectivity index (χ1) is 7.60. The maximum atomic E-state index is 11.3. The van der Waals surface area contributed by atoms with Crippen molar-refractivity contribution in [3.63, 3.8) is 0 Å². The van der Waals surface area contributed by atoms with Crippen molar-refractivity contribution in [2.45, 2.75) is 52.4 Å². The average Bonchev–Trinajstić information content (AvgIpc) is 2.06. The number of hydrogen-bond acceptors (Lipinski definition) is 4. The van der Waals surface area contributed by atoms with Gasteiger partial charge >= 0.3 is 5.97 Å². The van der Waals surface area contributed by atoms with Gasteiger partial charge in [-0.25, -0.2) is 0 Å². The Morgan fingerprint density at radius 3 is 2.12 bits per heavy atom. The quantitative estimate of drug-likeness (QED) is 0.402. The minimum Gasteiger partial charge on any atom is -0.460 e. The lowest BCUT2D eigenvalue weighted by atomic mass is 10.2. The second-order valence-electron chi connectivity index (χ2n) is 5.91. The van der Waals surface area contributed by atoms with Crippen LogP contribution in [0, 0.1) is 0 Å². The van der Waals surface area contributed by atoms with E-state index in [1.807, 2.05) is 20.8 Å². The highest BCUT2D eigenvalue weighted by molar-refractivity contribution is 6.69. The van der Waals surface area contributed by atoms with Crippen LogP contribution >= 0.6 is 0 Å². The predicted octanol–water partition coefficient (Wildman–Crippen LogP) is 2.59. The standard InChI is InChI=1S/C12H26O4Si/c1-12(2,3)16-11(13)7-8-14-9-10-15-17(4,5)6/h7-10H2,1-6H3. The second-order valence-corrected chi connectivity index (χ2v) is 10.4. The number of carbonyl (C=O) groups excluding carboxylic acids is 1. The molecule has 0 N–H and O–H groups in total. The van der Waals surface area contributed by atoms with Crippen LogP contribution in [-0.2, 0) is 18.7 Å². The molecular formula is C12H26O4Si. The van der Waals surface area contributed by atoms with Crippen LogP contribution in [0.5, 0.6) is 0 Å². The van der Waals surface area contributed by atoms with E-state index < -0.39 is 13.9 Å². The molecular weight excluding hydrogens is 236 g/mol. The van der Waals surface area contributed by atoms with Crippen molar-refractivity contribution in [3.05, 3.63) is 0 Å². The van der Waals surface area contributed by atoms with Crippen LogP contribution in [0.4, 0.5) is 0 Å². The monoisotopic (exact) mass is 262 g/mol. The highest BCUT2D eigenvalue weighted by Crippen LogP contribution is 2.08. The Hall–Kier alpha value is -0.393. The lowest BCUT2D eigenvalue weighted by molar-refractivity contribution is -0.156. The summed E-state index contributed by atoms with van der Waals surface area (Å²) in [6.45, 7) is 13.5. The summed E-state index contributed by atoms with van der Waals surface area (Å²) < 4.78 is 16.1. The Bertz CT molecular complexity index is 228. The molecule has 5 heteroatoms. The number of esters is 1. The van der Waals surface area contributed by atoms with Crippen LogP contribution in [0.3, 0.4) is 0 Å². The first-order valence-electron chi connectivity index (χ1n) is 6.04. The molecule has 0 rings (SSSR count). The molecule has 0 aliphatic heterocycles. The van der Waals surface area contributed by atoms with Crippen LogP contribution < -0.4 is 0 Å². The van der Waals surface area contributed by atoms with Gasteiger partial charge in [-0.1, -0.05) is 0 Å². The molecule has 0 aromatic rings. The average molecular weight is 262 g/mol. The third-order valence-corrected chi connectivity index (χ3v) is 2.70. The molecule has 0 atom stereocenters. The number of carbonyl (C=O) groups is 1. The van der Waals surface area contributed by atoms with Gasteiger partial charge in [0.1, 0.15) is 5.60 Å². The van der Waals surface area contributed by atoms with Gasteiger partial charge in [0.2, 0.25) is 0 Å². The smallest absolute Gasteiger partial charge is 0.308 e. The summed E-state index contributed by atoms with van der Waals surface area (Å²) in [6, 6.07) is 0. The summed E-state index contributed by atoms with van der Waals surface area (Å²) in [5.74, 6) is -0.219. The zero-order valence-corrected chi connectivity index (χ0v) is 13.0. The first kappa shape index (κ1) is 16.6. The van der Waals surface area contributed by atoms with E-state index in [9.17, 15) is 4.79 Å². The maximum absolute atomic E-state index is 11.3. The number of rotatable bonds is 7. The normalized spacial score (nSPS) is 12.6. The molecule has 0 aliphatic rings. The predicted molar refractivity (Wildman–Crippen MR) is 70.6 cm³/mol. The van der Waals surface area contributed by atoms with Crippen LogP contribution in [0.2, 0.25) is 19.6 Å². The maximum Gasteiger partial charge on any atom is 0.308 e. The fourth-order valence-corrected chi connectivity index (χ4v) is 1.75. The number of hydrogen-bond donors (Lipinski definition) is 0. The molecule has 0 spiro atoms. The van der Waals surface area contributed by atoms with Crippen molar-refractivity contribution in [2.75, 3.05) is 19.8 Å². The van der Waals surface area contributed by atoms with Crippen molar-refractivity contribution in [3.8, 4) is 0 Å². The minimum absolute atomic E-state index is 0.219. The molecule has 0 fully saturated rings. The van der Waals surface area contributed by atoms with Gasteiger partial charge in [0, 0.05) is 0 Å². The molecule has 0 unspecified atom stereocenters. The van der Waals surface area contributed by atoms with Crippen LogP contribution in [0.25, 0.3) is 0 Å². The molecule has 0 aromatic heterocycles. The van der Waals surface area contributed by atoms with E-state index in [2.05, 4.69) is 19.6 Å². The lowest BCUT2D eigenvalue weighted by Crippen LogP contribution is -2.27. The Morgan fingerprint density at radius 1 is 1.06 bits per heavy atom. The van der Waals surface area contributed by atoms with Gasteiger partial charge in [0.05, 0.1) is 26.2 Å². The van der Waals surface area contributed by atoms with Gasteiger partial charge in [-0.05, 0) is 40.4 Å². The molecule has 0 saturated carbocycles. The van der Waals surface area contributed by atoms with Gasteiger partial charge in [0.15, 0.2) is 8.32 Å². The molecule has 0 saturated heterocycles. The fourth-order valence-electron chi connectivity index (χ4n) is 1.06. The van der Waals surface area contributed by atoms with Crippen LogP contribution in [0.1, 0.15) is 27.2 Å². The summed E-state index contributed by atoms with van der Waals surface area (Å²) in [6.07, 6.45) is 0.296.